The van der Waals surface area contributed by atoms with Crippen LogP contribution in [0.1, 0.15) is 0 Å². The fourth-order valence-electron chi connectivity index (χ4n) is 0.614. The lowest BCUT2D eigenvalue weighted by Crippen LogP contribution is -1.94. The lowest BCUT2D eigenvalue weighted by molar-refractivity contribution is 0.349. The molecule has 58 valence electrons. The Morgan fingerprint density at radius 3 is 3.09 bits per heavy atom. The van der Waals surface area contributed by atoms with Gasteiger partial charge in [0.25, 0.3) is 0 Å². The van der Waals surface area contributed by atoms with Crippen LogP contribution in [0, 0.1) is 0 Å². The minimum Gasteiger partial charge on any atom is -0.473 e. The highest BCUT2D eigenvalue weighted by molar-refractivity contribution is 6.29. The number of rotatable bonds is 3. The molecule has 0 bridgehead atoms. The Morgan fingerprint density at radius 2 is 2.45 bits per heavy atom. The summed E-state index contributed by atoms with van der Waals surface area (Å²) in [5, 5.41) is 0.437. The lowest BCUT2D eigenvalue weighted by atomic mass is 10.5. The molecule has 0 spiro atoms. The average molecular weight is 170 g/mol. The summed E-state index contributed by atoms with van der Waals surface area (Å²) < 4.78 is 5.12. The van der Waals surface area contributed by atoms with Gasteiger partial charge in [0.2, 0.25) is 5.88 Å². The molecule has 1 aromatic heterocycles. The van der Waals surface area contributed by atoms with Crippen LogP contribution in [0.25, 0.3) is 0 Å². The molecule has 0 aliphatic rings. The third kappa shape index (κ3) is 2.60. The summed E-state index contributed by atoms with van der Waals surface area (Å²) in [6.45, 7) is 3.96. The highest BCUT2D eigenvalue weighted by atomic mass is 35.5. The minimum atomic E-state index is 0.437. The number of hydrogen-bond acceptors (Lipinski definition) is 2. The van der Waals surface area contributed by atoms with Crippen molar-refractivity contribution in [2.75, 3.05) is 6.61 Å². The van der Waals surface area contributed by atoms with E-state index in [1.807, 2.05) is 0 Å². The molecule has 0 saturated carbocycles. The molecule has 0 amide bonds. The molecule has 0 aliphatic carbocycles. The Balaban J connectivity index is 2.63. The maximum Gasteiger partial charge on any atom is 0.214 e. The molecule has 0 fully saturated rings. The quantitative estimate of drug-likeness (QED) is 0.512. The van der Waals surface area contributed by atoms with Gasteiger partial charge in [-0.05, 0) is 6.07 Å². The Hall–Kier alpha value is -1.02. The Labute approximate surface area is 70.5 Å². The maximum absolute atomic E-state index is 5.61. The summed E-state index contributed by atoms with van der Waals surface area (Å²) in [5.74, 6) is 0.525. The highest BCUT2D eigenvalue weighted by Gasteiger charge is 1.92. The van der Waals surface area contributed by atoms with E-state index in [0.717, 1.165) is 0 Å². The third-order valence-electron chi connectivity index (χ3n) is 1.04. The number of aromatic nitrogens is 1. The van der Waals surface area contributed by atoms with E-state index in [0.29, 0.717) is 17.6 Å². The normalized spacial score (nSPS) is 9.18. The molecule has 3 heteroatoms. The van der Waals surface area contributed by atoms with Crippen LogP contribution in [0.5, 0.6) is 5.88 Å². The molecule has 1 heterocycles. The van der Waals surface area contributed by atoms with Crippen LogP contribution in [-0.2, 0) is 0 Å². The van der Waals surface area contributed by atoms with E-state index < -0.39 is 0 Å². The van der Waals surface area contributed by atoms with Crippen LogP contribution in [-0.4, -0.2) is 11.6 Å². The van der Waals surface area contributed by atoms with Crippen molar-refractivity contribution in [3.8, 4) is 5.88 Å². The second kappa shape index (κ2) is 3.98. The van der Waals surface area contributed by atoms with Crippen molar-refractivity contribution in [1.29, 1.82) is 0 Å². The molecule has 1 rings (SSSR count). The standard InChI is InChI=1S/C8H8ClNO/c1-2-6-11-8-5-3-4-7(9)10-8/h2-5H,1,6H2. The van der Waals surface area contributed by atoms with E-state index in [4.69, 9.17) is 16.3 Å². The molecule has 1 aromatic rings. The molecule has 0 radical (unpaired) electrons. The van der Waals surface area contributed by atoms with Gasteiger partial charge in [0.1, 0.15) is 11.8 Å². The summed E-state index contributed by atoms with van der Waals surface area (Å²) in [4.78, 5) is 3.91. The largest absolute Gasteiger partial charge is 0.473 e. The number of hydrogen-bond donors (Lipinski definition) is 0. The van der Waals surface area contributed by atoms with Gasteiger partial charge in [-0.25, -0.2) is 4.98 Å². The first-order valence-electron chi connectivity index (χ1n) is 3.19. The third-order valence-corrected chi connectivity index (χ3v) is 1.25. The van der Waals surface area contributed by atoms with Crippen LogP contribution in [0.3, 0.4) is 0 Å². The predicted molar refractivity (Wildman–Crippen MR) is 44.9 cm³/mol. The van der Waals surface area contributed by atoms with E-state index in [1.54, 1.807) is 24.3 Å². The highest BCUT2D eigenvalue weighted by Crippen LogP contribution is 2.10. The van der Waals surface area contributed by atoms with Gasteiger partial charge >= 0.3 is 0 Å². The fraction of sp³-hybridized carbons (Fsp3) is 0.125. The molecule has 0 unspecified atom stereocenters. The lowest BCUT2D eigenvalue weighted by Gasteiger charge is -2.00. The monoisotopic (exact) mass is 169 g/mol. The van der Waals surface area contributed by atoms with Crippen molar-refractivity contribution in [3.63, 3.8) is 0 Å². The molecule has 11 heavy (non-hydrogen) atoms. The first kappa shape index (κ1) is 8.08. The first-order chi connectivity index (χ1) is 5.33. The van der Waals surface area contributed by atoms with Crippen LogP contribution in [0.2, 0.25) is 5.15 Å². The Kier molecular flexibility index (Phi) is 2.93. The van der Waals surface area contributed by atoms with E-state index in [2.05, 4.69) is 11.6 Å². The summed E-state index contributed by atoms with van der Waals surface area (Å²) in [6, 6.07) is 5.23. The molecule has 0 aliphatic heterocycles. The molecule has 0 atom stereocenters. The summed E-state index contributed by atoms with van der Waals surface area (Å²) >= 11 is 5.61. The predicted octanol–water partition coefficient (Wildman–Crippen LogP) is 2.30. The summed E-state index contributed by atoms with van der Waals surface area (Å²) in [6.07, 6.45) is 1.66. The van der Waals surface area contributed by atoms with Gasteiger partial charge < -0.3 is 4.74 Å². The Morgan fingerprint density at radius 1 is 1.64 bits per heavy atom. The van der Waals surface area contributed by atoms with E-state index in [-0.39, 0.29) is 0 Å². The number of ether oxygens (including phenoxy) is 1. The summed E-state index contributed by atoms with van der Waals surface area (Å²) in [5.41, 5.74) is 0. The number of pyridine rings is 1. The second-order valence-corrected chi connectivity index (χ2v) is 2.29. The maximum atomic E-state index is 5.61. The van der Waals surface area contributed by atoms with Gasteiger partial charge in [-0.3, -0.25) is 0 Å². The van der Waals surface area contributed by atoms with E-state index in [9.17, 15) is 0 Å². The molecular weight excluding hydrogens is 162 g/mol. The number of halogens is 1. The van der Waals surface area contributed by atoms with Crippen molar-refractivity contribution in [1.82, 2.24) is 4.98 Å². The van der Waals surface area contributed by atoms with Crippen molar-refractivity contribution in [2.24, 2.45) is 0 Å². The van der Waals surface area contributed by atoms with Crippen LogP contribution >= 0.6 is 11.6 Å². The number of nitrogens with zero attached hydrogens (tertiary/aromatic N) is 1. The average Bonchev–Trinajstić information content (AvgIpc) is 2.01. The van der Waals surface area contributed by atoms with Crippen LogP contribution < -0.4 is 4.74 Å². The van der Waals surface area contributed by atoms with Crippen molar-refractivity contribution >= 4 is 11.6 Å². The van der Waals surface area contributed by atoms with Gasteiger partial charge in [-0.2, -0.15) is 0 Å². The van der Waals surface area contributed by atoms with Gasteiger partial charge in [0.15, 0.2) is 0 Å². The molecule has 0 saturated heterocycles. The zero-order chi connectivity index (χ0) is 8.10. The molecule has 2 nitrogen and oxygen atoms in total. The van der Waals surface area contributed by atoms with Gasteiger partial charge in [0, 0.05) is 6.07 Å². The zero-order valence-corrected chi connectivity index (χ0v) is 6.71. The van der Waals surface area contributed by atoms with Gasteiger partial charge in [-0.1, -0.05) is 30.3 Å². The van der Waals surface area contributed by atoms with Crippen molar-refractivity contribution in [2.45, 2.75) is 0 Å². The first-order valence-corrected chi connectivity index (χ1v) is 3.57. The molecular formula is C8H8ClNO. The van der Waals surface area contributed by atoms with Crippen molar-refractivity contribution in [3.05, 3.63) is 36.0 Å². The topological polar surface area (TPSA) is 22.1 Å². The smallest absolute Gasteiger partial charge is 0.214 e. The molecule has 0 aromatic carbocycles. The van der Waals surface area contributed by atoms with Crippen LogP contribution in [0.15, 0.2) is 30.9 Å². The second-order valence-electron chi connectivity index (χ2n) is 1.90. The SMILES string of the molecule is C=CCOc1cccc(Cl)n1. The Bertz CT molecular complexity index is 250. The van der Waals surface area contributed by atoms with Crippen molar-refractivity contribution < 1.29 is 4.74 Å². The molecule has 0 N–H and O–H groups in total. The zero-order valence-electron chi connectivity index (χ0n) is 5.96. The minimum absolute atomic E-state index is 0.437. The van der Waals surface area contributed by atoms with E-state index >= 15 is 0 Å². The van der Waals surface area contributed by atoms with Gasteiger partial charge in [0.05, 0.1) is 0 Å². The summed E-state index contributed by atoms with van der Waals surface area (Å²) in [7, 11) is 0. The van der Waals surface area contributed by atoms with E-state index in [1.165, 1.54) is 0 Å². The fourth-order valence-corrected chi connectivity index (χ4v) is 0.770. The van der Waals surface area contributed by atoms with Crippen LogP contribution in [0.4, 0.5) is 0 Å². The van der Waals surface area contributed by atoms with Gasteiger partial charge in [-0.15, -0.1) is 0 Å².